The van der Waals surface area contributed by atoms with Crippen molar-refractivity contribution in [1.82, 2.24) is 0 Å². The summed E-state index contributed by atoms with van der Waals surface area (Å²) in [6.45, 7) is 2.26. The zero-order valence-corrected chi connectivity index (χ0v) is 17.2. The molecular formula is C21H40O3S. The van der Waals surface area contributed by atoms with Gasteiger partial charge in [0.2, 0.25) is 5.12 Å². The second kappa shape index (κ2) is 19.8. The first-order valence-corrected chi connectivity index (χ1v) is 11.7. The van der Waals surface area contributed by atoms with Gasteiger partial charge in [-0.3, -0.25) is 9.00 Å². The van der Waals surface area contributed by atoms with Gasteiger partial charge in [-0.2, -0.15) is 0 Å². The van der Waals surface area contributed by atoms with Gasteiger partial charge in [0.25, 0.3) is 0 Å². The van der Waals surface area contributed by atoms with E-state index in [1.165, 1.54) is 64.2 Å². The molecular weight excluding hydrogens is 332 g/mol. The summed E-state index contributed by atoms with van der Waals surface area (Å²) in [5.41, 5.74) is 0. The Morgan fingerprint density at radius 3 is 1.88 bits per heavy atom. The Bertz CT molecular complexity index is 353. The van der Waals surface area contributed by atoms with Crippen molar-refractivity contribution in [2.24, 2.45) is 0 Å². The minimum absolute atomic E-state index is 0.00637. The third kappa shape index (κ3) is 18.1. The molecule has 1 atom stereocenters. The van der Waals surface area contributed by atoms with Crippen LogP contribution >= 0.6 is 0 Å². The molecule has 0 amide bonds. The van der Waals surface area contributed by atoms with Crippen LogP contribution in [0.4, 0.5) is 0 Å². The van der Waals surface area contributed by atoms with E-state index in [-0.39, 0.29) is 11.7 Å². The lowest BCUT2D eigenvalue weighted by atomic mass is 10.1. The van der Waals surface area contributed by atoms with Gasteiger partial charge in [-0.25, -0.2) is 0 Å². The number of aliphatic hydroxyl groups excluding tert-OH is 1. The quantitative estimate of drug-likeness (QED) is 0.249. The van der Waals surface area contributed by atoms with Crippen LogP contribution in [0.2, 0.25) is 0 Å². The van der Waals surface area contributed by atoms with Gasteiger partial charge >= 0.3 is 0 Å². The fraction of sp³-hybridized carbons (Fsp3) is 0.857. The molecule has 0 aliphatic rings. The maximum absolute atomic E-state index is 11.6. The first kappa shape index (κ1) is 24.5. The van der Waals surface area contributed by atoms with E-state index in [0.717, 1.165) is 19.3 Å². The lowest BCUT2D eigenvalue weighted by Crippen LogP contribution is -2.11. The van der Waals surface area contributed by atoms with Crippen molar-refractivity contribution in [1.29, 1.82) is 0 Å². The zero-order valence-electron chi connectivity index (χ0n) is 16.3. The van der Waals surface area contributed by atoms with E-state index < -0.39 is 10.8 Å². The van der Waals surface area contributed by atoms with E-state index in [9.17, 15) is 9.00 Å². The third-order valence-electron chi connectivity index (χ3n) is 4.38. The van der Waals surface area contributed by atoms with Crippen molar-refractivity contribution in [3.05, 3.63) is 12.2 Å². The van der Waals surface area contributed by atoms with E-state index in [0.29, 0.717) is 18.6 Å². The lowest BCUT2D eigenvalue weighted by Gasteiger charge is -2.01. The van der Waals surface area contributed by atoms with Gasteiger partial charge in [-0.1, -0.05) is 70.4 Å². The molecule has 3 nitrogen and oxygen atoms in total. The van der Waals surface area contributed by atoms with Gasteiger partial charge in [-0.15, -0.1) is 0 Å². The van der Waals surface area contributed by atoms with E-state index in [4.69, 9.17) is 5.11 Å². The highest BCUT2D eigenvalue weighted by Gasteiger charge is 2.10. The summed E-state index contributed by atoms with van der Waals surface area (Å²) < 4.78 is 11.5. The van der Waals surface area contributed by atoms with Crippen LogP contribution in [0.25, 0.3) is 0 Å². The fourth-order valence-electron chi connectivity index (χ4n) is 2.76. The summed E-state index contributed by atoms with van der Waals surface area (Å²) in [5, 5.41) is 8.52. The highest BCUT2D eigenvalue weighted by molar-refractivity contribution is 8.00. The normalized spacial score (nSPS) is 12.7. The molecule has 0 fully saturated rings. The average Bonchev–Trinajstić information content (AvgIpc) is 2.62. The second-order valence-corrected chi connectivity index (χ2v) is 8.39. The summed E-state index contributed by atoms with van der Waals surface area (Å²) in [6.07, 6.45) is 21.6. The van der Waals surface area contributed by atoms with E-state index in [1.54, 1.807) is 0 Å². The molecule has 1 unspecified atom stereocenters. The molecule has 0 aromatic carbocycles. The molecule has 4 heteroatoms. The van der Waals surface area contributed by atoms with Crippen molar-refractivity contribution in [3.63, 3.8) is 0 Å². The minimum Gasteiger partial charge on any atom is -0.396 e. The molecule has 0 aromatic rings. The number of hydrogen-bond acceptors (Lipinski definition) is 3. The van der Waals surface area contributed by atoms with E-state index in [1.807, 2.05) is 0 Å². The van der Waals surface area contributed by atoms with Gasteiger partial charge in [0.05, 0.1) is 10.8 Å². The smallest absolute Gasteiger partial charge is 0.218 e. The summed E-state index contributed by atoms with van der Waals surface area (Å²) in [4.78, 5) is 11.6. The van der Waals surface area contributed by atoms with Gasteiger partial charge in [0, 0.05) is 18.8 Å². The van der Waals surface area contributed by atoms with Gasteiger partial charge in [-0.05, 0) is 38.5 Å². The minimum atomic E-state index is -1.39. The first-order chi connectivity index (χ1) is 12.2. The van der Waals surface area contributed by atoms with Crippen molar-refractivity contribution in [3.8, 4) is 0 Å². The van der Waals surface area contributed by atoms with Crippen LogP contribution in [0.3, 0.4) is 0 Å². The number of carbonyl (C=O) groups is 1. The SMILES string of the molecule is CCCCCCCCC=CCCCCCCCC(=O)S(=O)CCCO. The van der Waals surface area contributed by atoms with Gasteiger partial charge in [0.1, 0.15) is 0 Å². The highest BCUT2D eigenvalue weighted by atomic mass is 32.2. The standard InChI is InChI=1S/C21H40O3S/c1-2-3-4-5-6-7-8-9-10-11-12-13-14-15-16-18-21(23)25(24)20-17-19-22/h9-10,22H,2-8,11-20H2,1H3. The fourth-order valence-corrected chi connectivity index (χ4v) is 3.75. The van der Waals surface area contributed by atoms with Crippen LogP contribution in [0.15, 0.2) is 12.2 Å². The largest absolute Gasteiger partial charge is 0.396 e. The Labute approximate surface area is 158 Å². The molecule has 0 saturated carbocycles. The Morgan fingerprint density at radius 1 is 0.800 bits per heavy atom. The summed E-state index contributed by atoms with van der Waals surface area (Å²) in [6, 6.07) is 0. The zero-order chi connectivity index (χ0) is 18.6. The Morgan fingerprint density at radius 2 is 1.32 bits per heavy atom. The predicted molar refractivity (Wildman–Crippen MR) is 109 cm³/mol. The Hall–Kier alpha value is -0.480. The van der Waals surface area contributed by atoms with Crippen molar-refractivity contribution >= 4 is 15.9 Å². The number of allylic oxidation sites excluding steroid dienone is 2. The number of carbonyl (C=O) groups excluding carboxylic acids is 1. The maximum atomic E-state index is 11.6. The van der Waals surface area contributed by atoms with Crippen LogP contribution in [0.1, 0.15) is 103 Å². The monoisotopic (exact) mass is 372 g/mol. The molecule has 0 rings (SSSR count). The van der Waals surface area contributed by atoms with Crippen LogP contribution in [-0.4, -0.2) is 26.8 Å². The predicted octanol–water partition coefficient (Wildman–Crippen LogP) is 5.68. The molecule has 0 heterocycles. The summed E-state index contributed by atoms with van der Waals surface area (Å²) >= 11 is 0. The number of hydrogen-bond donors (Lipinski definition) is 1. The Balaban J connectivity index is 3.29. The molecule has 25 heavy (non-hydrogen) atoms. The van der Waals surface area contributed by atoms with Crippen molar-refractivity contribution < 1.29 is 14.1 Å². The molecule has 0 aliphatic heterocycles. The van der Waals surface area contributed by atoms with Crippen LogP contribution < -0.4 is 0 Å². The second-order valence-electron chi connectivity index (χ2n) is 6.83. The number of aliphatic hydroxyl groups is 1. The summed E-state index contributed by atoms with van der Waals surface area (Å²) in [5.74, 6) is 0.306. The van der Waals surface area contributed by atoms with Gasteiger partial charge in [0.15, 0.2) is 0 Å². The van der Waals surface area contributed by atoms with E-state index in [2.05, 4.69) is 19.1 Å². The highest BCUT2D eigenvalue weighted by Crippen LogP contribution is 2.10. The number of rotatable bonds is 18. The molecule has 0 radical (unpaired) electrons. The molecule has 0 aromatic heterocycles. The average molecular weight is 373 g/mol. The topological polar surface area (TPSA) is 54.4 Å². The summed E-state index contributed by atoms with van der Waals surface area (Å²) in [7, 11) is -1.39. The number of unbranched alkanes of at least 4 members (excludes halogenated alkanes) is 11. The molecule has 1 N–H and O–H groups in total. The molecule has 0 bridgehead atoms. The van der Waals surface area contributed by atoms with Crippen LogP contribution in [-0.2, 0) is 15.6 Å². The lowest BCUT2D eigenvalue weighted by molar-refractivity contribution is -0.111. The van der Waals surface area contributed by atoms with Gasteiger partial charge < -0.3 is 5.11 Å². The molecule has 0 aliphatic carbocycles. The maximum Gasteiger partial charge on any atom is 0.218 e. The Kier molecular flexibility index (Phi) is 19.5. The van der Waals surface area contributed by atoms with Crippen molar-refractivity contribution in [2.75, 3.05) is 12.4 Å². The van der Waals surface area contributed by atoms with Crippen LogP contribution in [0.5, 0.6) is 0 Å². The third-order valence-corrected chi connectivity index (χ3v) is 5.76. The van der Waals surface area contributed by atoms with Crippen molar-refractivity contribution in [2.45, 2.75) is 103 Å². The molecule has 0 spiro atoms. The molecule has 148 valence electrons. The molecule has 0 saturated heterocycles. The van der Waals surface area contributed by atoms with E-state index >= 15 is 0 Å². The first-order valence-electron chi connectivity index (χ1n) is 10.4. The van der Waals surface area contributed by atoms with Crippen LogP contribution in [0, 0.1) is 0 Å².